The SMILES string of the molecule is O=C(NCc1ccccc1OC(F)F)c1cc(-c2ccncc2)nc2ccccc12. The number of nitrogens with zero attached hydrogens (tertiary/aromatic N) is 2. The summed E-state index contributed by atoms with van der Waals surface area (Å²) in [5, 5.41) is 3.49. The van der Waals surface area contributed by atoms with Crippen LogP contribution in [0.1, 0.15) is 15.9 Å². The van der Waals surface area contributed by atoms with Gasteiger partial charge in [-0.1, -0.05) is 36.4 Å². The van der Waals surface area contributed by atoms with Crippen molar-refractivity contribution < 1.29 is 18.3 Å². The van der Waals surface area contributed by atoms with Crippen molar-refractivity contribution in [2.45, 2.75) is 13.2 Å². The molecule has 7 heteroatoms. The number of alkyl halides is 2. The Bertz CT molecular complexity index is 1180. The third-order valence-corrected chi connectivity index (χ3v) is 4.56. The second kappa shape index (κ2) is 8.65. The lowest BCUT2D eigenvalue weighted by molar-refractivity contribution is -0.0504. The summed E-state index contributed by atoms with van der Waals surface area (Å²) in [6.45, 7) is -2.89. The van der Waals surface area contributed by atoms with E-state index in [1.807, 2.05) is 36.4 Å². The first-order valence-electron chi connectivity index (χ1n) is 9.23. The predicted molar refractivity (Wildman–Crippen MR) is 109 cm³/mol. The molecule has 0 aliphatic carbocycles. The number of halogens is 2. The van der Waals surface area contributed by atoms with Crippen LogP contribution in [0.15, 0.2) is 79.1 Å². The number of carbonyl (C=O) groups is 1. The standard InChI is InChI=1S/C23H17F2N3O2/c24-23(25)30-21-8-4-1-5-16(21)14-27-22(29)18-13-20(15-9-11-26-12-10-15)28-19-7-3-2-6-17(18)19/h1-13,23H,14H2,(H,27,29). The zero-order valence-corrected chi connectivity index (χ0v) is 15.8. The fourth-order valence-corrected chi connectivity index (χ4v) is 3.17. The van der Waals surface area contributed by atoms with E-state index in [4.69, 9.17) is 0 Å². The topological polar surface area (TPSA) is 64.1 Å². The van der Waals surface area contributed by atoms with Gasteiger partial charge >= 0.3 is 6.61 Å². The Morgan fingerprint density at radius 2 is 1.73 bits per heavy atom. The maximum atomic E-state index is 13.0. The number of ether oxygens (including phenoxy) is 1. The van der Waals surface area contributed by atoms with Crippen molar-refractivity contribution in [1.29, 1.82) is 0 Å². The van der Waals surface area contributed by atoms with Crippen molar-refractivity contribution in [2.75, 3.05) is 0 Å². The van der Waals surface area contributed by atoms with E-state index < -0.39 is 6.61 Å². The molecule has 4 aromatic rings. The van der Waals surface area contributed by atoms with Crippen molar-refractivity contribution in [2.24, 2.45) is 0 Å². The third kappa shape index (κ3) is 4.25. The molecule has 30 heavy (non-hydrogen) atoms. The highest BCUT2D eigenvalue weighted by Crippen LogP contribution is 2.25. The highest BCUT2D eigenvalue weighted by Gasteiger charge is 2.15. The Labute approximate surface area is 171 Å². The van der Waals surface area contributed by atoms with E-state index in [0.29, 0.717) is 27.7 Å². The van der Waals surface area contributed by atoms with E-state index in [1.54, 1.807) is 36.7 Å². The summed E-state index contributed by atoms with van der Waals surface area (Å²) in [4.78, 5) is 21.7. The average molecular weight is 405 g/mol. The van der Waals surface area contributed by atoms with Gasteiger partial charge in [-0.2, -0.15) is 8.78 Å². The molecule has 0 atom stereocenters. The number of hydrogen-bond acceptors (Lipinski definition) is 4. The smallest absolute Gasteiger partial charge is 0.387 e. The maximum absolute atomic E-state index is 13.0. The lowest BCUT2D eigenvalue weighted by Gasteiger charge is -2.13. The maximum Gasteiger partial charge on any atom is 0.387 e. The molecule has 1 N–H and O–H groups in total. The Morgan fingerprint density at radius 1 is 1.00 bits per heavy atom. The van der Waals surface area contributed by atoms with Gasteiger partial charge in [-0.3, -0.25) is 9.78 Å². The minimum absolute atomic E-state index is 0.0323. The van der Waals surface area contributed by atoms with Crippen molar-refractivity contribution in [1.82, 2.24) is 15.3 Å². The summed E-state index contributed by atoms with van der Waals surface area (Å²) in [5.41, 5.74) is 3.06. The molecule has 0 fully saturated rings. The van der Waals surface area contributed by atoms with Crippen molar-refractivity contribution in [3.63, 3.8) is 0 Å². The van der Waals surface area contributed by atoms with E-state index in [9.17, 15) is 13.6 Å². The molecule has 4 rings (SSSR count). The molecule has 0 bridgehead atoms. The summed E-state index contributed by atoms with van der Waals surface area (Å²) in [6, 6.07) is 19.1. The highest BCUT2D eigenvalue weighted by atomic mass is 19.3. The summed E-state index contributed by atoms with van der Waals surface area (Å²) >= 11 is 0. The highest BCUT2D eigenvalue weighted by molar-refractivity contribution is 6.07. The fraction of sp³-hybridized carbons (Fsp3) is 0.0870. The van der Waals surface area contributed by atoms with Crippen LogP contribution in [0.3, 0.4) is 0 Å². The Morgan fingerprint density at radius 3 is 2.53 bits per heavy atom. The van der Waals surface area contributed by atoms with Crippen molar-refractivity contribution in [3.05, 3.63) is 90.3 Å². The van der Waals surface area contributed by atoms with E-state index >= 15 is 0 Å². The first-order chi connectivity index (χ1) is 14.6. The quantitative estimate of drug-likeness (QED) is 0.499. The molecule has 0 radical (unpaired) electrons. The lowest BCUT2D eigenvalue weighted by atomic mass is 10.0. The van der Waals surface area contributed by atoms with E-state index in [1.165, 1.54) is 6.07 Å². The van der Waals surface area contributed by atoms with Crippen LogP contribution in [0.25, 0.3) is 22.2 Å². The fourth-order valence-electron chi connectivity index (χ4n) is 3.17. The van der Waals surface area contributed by atoms with Crippen LogP contribution in [-0.2, 0) is 6.54 Å². The lowest BCUT2D eigenvalue weighted by Crippen LogP contribution is -2.23. The monoisotopic (exact) mass is 405 g/mol. The van der Waals surface area contributed by atoms with Crippen LogP contribution in [0.2, 0.25) is 0 Å². The molecule has 2 aromatic heterocycles. The van der Waals surface area contributed by atoms with Gasteiger partial charge in [-0.05, 0) is 30.3 Å². The van der Waals surface area contributed by atoms with Gasteiger partial charge in [-0.25, -0.2) is 4.98 Å². The first kappa shape index (κ1) is 19.4. The molecule has 0 aliphatic rings. The molecule has 5 nitrogen and oxygen atoms in total. The average Bonchev–Trinajstić information content (AvgIpc) is 2.77. The number of amides is 1. The molecule has 2 aromatic carbocycles. The van der Waals surface area contributed by atoms with E-state index in [2.05, 4.69) is 20.0 Å². The van der Waals surface area contributed by atoms with Gasteiger partial charge in [-0.15, -0.1) is 0 Å². The second-order valence-corrected chi connectivity index (χ2v) is 6.48. The number of benzene rings is 2. The molecule has 0 spiro atoms. The first-order valence-corrected chi connectivity index (χ1v) is 9.23. The van der Waals surface area contributed by atoms with Gasteiger partial charge in [0.1, 0.15) is 5.75 Å². The molecule has 0 saturated carbocycles. The number of aromatic nitrogens is 2. The van der Waals surface area contributed by atoms with Crippen molar-refractivity contribution >= 4 is 16.8 Å². The Kier molecular flexibility index (Phi) is 5.61. The summed E-state index contributed by atoms with van der Waals surface area (Å²) in [5.74, 6) is -0.305. The number of hydrogen-bond donors (Lipinski definition) is 1. The van der Waals surface area contributed by atoms with Crippen LogP contribution in [0.5, 0.6) is 5.75 Å². The molecule has 0 unspecified atom stereocenters. The van der Waals surface area contributed by atoms with Crippen molar-refractivity contribution in [3.8, 4) is 17.0 Å². The van der Waals surface area contributed by atoms with E-state index in [-0.39, 0.29) is 18.2 Å². The molecule has 0 saturated heterocycles. The summed E-state index contributed by atoms with van der Waals surface area (Å²) < 4.78 is 29.8. The minimum atomic E-state index is -2.94. The van der Waals surface area contributed by atoms with Crippen LogP contribution in [0.4, 0.5) is 8.78 Å². The van der Waals surface area contributed by atoms with Gasteiger partial charge in [0.15, 0.2) is 0 Å². The van der Waals surface area contributed by atoms with Gasteiger partial charge in [0.25, 0.3) is 5.91 Å². The van der Waals surface area contributed by atoms with Gasteiger partial charge in [0.05, 0.1) is 16.8 Å². The minimum Gasteiger partial charge on any atom is -0.434 e. The molecule has 2 heterocycles. The van der Waals surface area contributed by atoms with Crippen LogP contribution in [0, 0.1) is 0 Å². The zero-order valence-electron chi connectivity index (χ0n) is 15.8. The Balaban J connectivity index is 1.65. The molecular weight excluding hydrogens is 388 g/mol. The van der Waals surface area contributed by atoms with Crippen LogP contribution in [-0.4, -0.2) is 22.5 Å². The predicted octanol–water partition coefficient (Wildman–Crippen LogP) is 4.83. The van der Waals surface area contributed by atoms with Crippen LogP contribution < -0.4 is 10.1 Å². The Hall–Kier alpha value is -3.87. The van der Waals surface area contributed by atoms with Crippen LogP contribution >= 0.6 is 0 Å². The zero-order chi connectivity index (χ0) is 20.9. The second-order valence-electron chi connectivity index (χ2n) is 6.48. The largest absolute Gasteiger partial charge is 0.434 e. The molecule has 1 amide bonds. The summed E-state index contributed by atoms with van der Waals surface area (Å²) in [6.07, 6.45) is 3.32. The molecule has 150 valence electrons. The number of rotatable bonds is 6. The normalized spacial score (nSPS) is 10.9. The number of fused-ring (bicyclic) bond motifs is 1. The van der Waals surface area contributed by atoms with Gasteiger partial charge in [0.2, 0.25) is 0 Å². The number of carbonyl (C=O) groups excluding carboxylic acids is 1. The molecule has 0 aliphatic heterocycles. The van der Waals surface area contributed by atoms with E-state index in [0.717, 1.165) is 5.56 Å². The van der Waals surface area contributed by atoms with Gasteiger partial charge in [0, 0.05) is 35.5 Å². The number of para-hydroxylation sites is 2. The molecular formula is C23H17F2N3O2. The number of nitrogens with one attached hydrogen (secondary N) is 1. The summed E-state index contributed by atoms with van der Waals surface area (Å²) in [7, 11) is 0. The third-order valence-electron chi connectivity index (χ3n) is 4.56. The number of pyridine rings is 2. The van der Waals surface area contributed by atoms with Gasteiger partial charge < -0.3 is 10.1 Å².